The number of carbonyl (C=O) groups is 1. The molecule has 1 aliphatic heterocycles. The van der Waals surface area contributed by atoms with E-state index in [2.05, 4.69) is 6.58 Å². The number of likely N-dealkylation sites (tertiary alicyclic amines) is 1. The van der Waals surface area contributed by atoms with Gasteiger partial charge in [-0.25, -0.2) is 0 Å². The van der Waals surface area contributed by atoms with Crippen LogP contribution >= 0.6 is 0 Å². The van der Waals surface area contributed by atoms with E-state index in [1.54, 1.807) is 4.90 Å². The molecule has 1 unspecified atom stereocenters. The van der Waals surface area contributed by atoms with Crippen molar-refractivity contribution in [2.24, 2.45) is 0 Å². The average Bonchev–Trinajstić information content (AvgIpc) is 2.45. The summed E-state index contributed by atoms with van der Waals surface area (Å²) in [7, 11) is 0. The van der Waals surface area contributed by atoms with Crippen molar-refractivity contribution in [1.29, 1.82) is 0 Å². The van der Waals surface area contributed by atoms with E-state index >= 15 is 0 Å². The molecule has 114 valence electrons. The summed E-state index contributed by atoms with van der Waals surface area (Å²) in [6, 6.07) is 3.53. The fraction of sp³-hybridized carbons (Fsp3) is 0.438. The molecule has 5 heteroatoms. The number of halogens is 3. The molecule has 1 fully saturated rings. The minimum absolute atomic E-state index is 0.0280. The van der Waals surface area contributed by atoms with Crippen LogP contribution in [0, 0.1) is 0 Å². The first-order valence-corrected chi connectivity index (χ1v) is 6.99. The van der Waals surface area contributed by atoms with Crippen molar-refractivity contribution < 1.29 is 18.0 Å². The molecule has 0 spiro atoms. The number of hydrogen-bond donors (Lipinski definition) is 0. The van der Waals surface area contributed by atoms with Crippen molar-refractivity contribution in [2.45, 2.75) is 38.4 Å². The van der Waals surface area contributed by atoms with Crippen LogP contribution in [0.15, 0.2) is 24.8 Å². The summed E-state index contributed by atoms with van der Waals surface area (Å²) in [5.74, 6) is -0.543. The molecule has 0 aromatic heterocycles. The maximum atomic E-state index is 13.1. The van der Waals surface area contributed by atoms with Gasteiger partial charge in [-0.15, -0.1) is 0 Å². The summed E-state index contributed by atoms with van der Waals surface area (Å²) in [6.45, 7) is 5.93. The van der Waals surface area contributed by atoms with Crippen LogP contribution in [0.25, 0.3) is 6.08 Å². The quantitative estimate of drug-likeness (QED) is 0.794. The monoisotopic (exact) mass is 297 g/mol. The van der Waals surface area contributed by atoms with Crippen molar-refractivity contribution in [3.05, 3.63) is 41.5 Å². The Balaban J connectivity index is 2.44. The third-order valence-electron chi connectivity index (χ3n) is 3.88. The molecule has 21 heavy (non-hydrogen) atoms. The summed E-state index contributed by atoms with van der Waals surface area (Å²) in [5.41, 5.74) is -0.652. The molecule has 1 atom stereocenters. The lowest BCUT2D eigenvalue weighted by molar-refractivity contribution is -0.138. The second-order valence-electron chi connectivity index (χ2n) is 5.35. The van der Waals surface area contributed by atoms with E-state index in [9.17, 15) is 18.0 Å². The van der Waals surface area contributed by atoms with Gasteiger partial charge in [0.05, 0.1) is 11.1 Å². The van der Waals surface area contributed by atoms with Crippen LogP contribution in [0.3, 0.4) is 0 Å². The molecule has 1 amide bonds. The summed E-state index contributed by atoms with van der Waals surface area (Å²) in [5, 5.41) is 0. The molecule has 1 aromatic rings. The number of nitrogens with zero attached hydrogens (tertiary/aromatic N) is 1. The number of alkyl halides is 3. The van der Waals surface area contributed by atoms with Crippen molar-refractivity contribution in [3.63, 3.8) is 0 Å². The molecule has 1 heterocycles. The Morgan fingerprint density at radius 1 is 1.38 bits per heavy atom. The number of amides is 1. The highest BCUT2D eigenvalue weighted by Gasteiger charge is 2.37. The van der Waals surface area contributed by atoms with Gasteiger partial charge in [0.1, 0.15) is 0 Å². The van der Waals surface area contributed by atoms with Gasteiger partial charge in [0.15, 0.2) is 0 Å². The lowest BCUT2D eigenvalue weighted by Gasteiger charge is -2.34. The highest BCUT2D eigenvalue weighted by Crippen LogP contribution is 2.34. The van der Waals surface area contributed by atoms with Gasteiger partial charge in [-0.3, -0.25) is 4.79 Å². The highest BCUT2D eigenvalue weighted by molar-refractivity contribution is 5.96. The first-order valence-electron chi connectivity index (χ1n) is 6.99. The third-order valence-corrected chi connectivity index (χ3v) is 3.88. The third kappa shape index (κ3) is 3.28. The second-order valence-corrected chi connectivity index (χ2v) is 5.35. The van der Waals surface area contributed by atoms with E-state index in [0.29, 0.717) is 12.1 Å². The number of hydrogen-bond acceptors (Lipinski definition) is 1. The summed E-state index contributed by atoms with van der Waals surface area (Å²) in [4.78, 5) is 14.1. The predicted molar refractivity (Wildman–Crippen MR) is 75.9 cm³/mol. The second kappa shape index (κ2) is 5.92. The highest BCUT2D eigenvalue weighted by atomic mass is 19.4. The lowest BCUT2D eigenvalue weighted by atomic mass is 9.98. The van der Waals surface area contributed by atoms with Crippen LogP contribution in [0.4, 0.5) is 13.2 Å². The largest absolute Gasteiger partial charge is 0.417 e. The standard InChI is InChI=1S/C16H18F3NO/c1-3-12-7-8-14(16(17,18)19)13(10-12)15(21)20-9-5-4-6-11(20)2/h3,7-8,10-11H,1,4-6,9H2,2H3. The maximum absolute atomic E-state index is 13.1. The van der Waals surface area contributed by atoms with Gasteiger partial charge in [-0.05, 0) is 43.9 Å². The molecule has 0 N–H and O–H groups in total. The zero-order valence-corrected chi connectivity index (χ0v) is 11.9. The van der Waals surface area contributed by atoms with Crippen molar-refractivity contribution in [1.82, 2.24) is 4.90 Å². The van der Waals surface area contributed by atoms with Crippen molar-refractivity contribution >= 4 is 12.0 Å². The minimum Gasteiger partial charge on any atom is -0.336 e. The Morgan fingerprint density at radius 3 is 2.67 bits per heavy atom. The van der Waals surface area contributed by atoms with E-state index in [-0.39, 0.29) is 11.6 Å². The molecule has 2 nitrogen and oxygen atoms in total. The molecule has 0 saturated carbocycles. The fourth-order valence-electron chi connectivity index (χ4n) is 2.67. The number of benzene rings is 1. The van der Waals surface area contributed by atoms with Gasteiger partial charge in [0, 0.05) is 12.6 Å². The number of rotatable bonds is 2. The lowest BCUT2D eigenvalue weighted by Crippen LogP contribution is -2.42. The summed E-state index contributed by atoms with van der Waals surface area (Å²) < 4.78 is 39.3. The first kappa shape index (κ1) is 15.6. The van der Waals surface area contributed by atoms with Gasteiger partial charge >= 0.3 is 6.18 Å². The fourth-order valence-corrected chi connectivity index (χ4v) is 2.67. The van der Waals surface area contributed by atoms with Gasteiger partial charge in [-0.1, -0.05) is 18.7 Å². The molecule has 1 aromatic carbocycles. The van der Waals surface area contributed by atoms with E-state index < -0.39 is 17.6 Å². The molecule has 0 bridgehead atoms. The normalized spacial score (nSPS) is 19.4. The Labute approximate surface area is 122 Å². The predicted octanol–water partition coefficient (Wildman–Crippen LogP) is 4.36. The van der Waals surface area contributed by atoms with Crippen LogP contribution in [-0.4, -0.2) is 23.4 Å². The summed E-state index contributed by atoms with van der Waals surface area (Å²) in [6.07, 6.45) is -0.434. The van der Waals surface area contributed by atoms with Crippen LogP contribution in [0.1, 0.15) is 47.7 Å². The Bertz CT molecular complexity index is 551. The topological polar surface area (TPSA) is 20.3 Å². The molecule has 2 rings (SSSR count). The zero-order chi connectivity index (χ0) is 15.6. The van der Waals surface area contributed by atoms with E-state index in [1.807, 2.05) is 6.92 Å². The van der Waals surface area contributed by atoms with E-state index in [4.69, 9.17) is 0 Å². The Morgan fingerprint density at radius 2 is 2.10 bits per heavy atom. The van der Waals surface area contributed by atoms with E-state index in [1.165, 1.54) is 18.2 Å². The van der Waals surface area contributed by atoms with Crippen LogP contribution < -0.4 is 0 Å². The zero-order valence-electron chi connectivity index (χ0n) is 11.9. The van der Waals surface area contributed by atoms with Crippen LogP contribution in [0.2, 0.25) is 0 Å². The molecule has 1 saturated heterocycles. The van der Waals surface area contributed by atoms with Gasteiger partial charge < -0.3 is 4.90 Å². The molecule has 0 aliphatic carbocycles. The summed E-state index contributed by atoms with van der Waals surface area (Å²) >= 11 is 0. The number of piperidine rings is 1. The average molecular weight is 297 g/mol. The van der Waals surface area contributed by atoms with E-state index in [0.717, 1.165) is 25.3 Å². The van der Waals surface area contributed by atoms with Gasteiger partial charge in [0.25, 0.3) is 5.91 Å². The number of carbonyl (C=O) groups excluding carboxylic acids is 1. The van der Waals surface area contributed by atoms with Gasteiger partial charge in [-0.2, -0.15) is 13.2 Å². The first-order chi connectivity index (χ1) is 9.84. The smallest absolute Gasteiger partial charge is 0.336 e. The molecular weight excluding hydrogens is 279 g/mol. The van der Waals surface area contributed by atoms with Crippen LogP contribution in [-0.2, 0) is 6.18 Å². The molecular formula is C16H18F3NO. The maximum Gasteiger partial charge on any atom is 0.417 e. The van der Waals surface area contributed by atoms with Gasteiger partial charge in [0.2, 0.25) is 0 Å². The van der Waals surface area contributed by atoms with Crippen molar-refractivity contribution in [2.75, 3.05) is 6.54 Å². The molecule has 0 radical (unpaired) electrons. The van der Waals surface area contributed by atoms with Crippen molar-refractivity contribution in [3.8, 4) is 0 Å². The Kier molecular flexibility index (Phi) is 4.40. The minimum atomic E-state index is -4.54. The molecule has 1 aliphatic rings. The SMILES string of the molecule is C=Cc1ccc(C(F)(F)F)c(C(=O)N2CCCCC2C)c1. The Hall–Kier alpha value is -1.78. The van der Waals surface area contributed by atoms with Crippen LogP contribution in [0.5, 0.6) is 0 Å².